The quantitative estimate of drug-likeness (QED) is 0.443. The van der Waals surface area contributed by atoms with Crippen LogP contribution in [0, 0.1) is 19.7 Å². The van der Waals surface area contributed by atoms with E-state index < -0.39 is 11.8 Å². The molecule has 34 heavy (non-hydrogen) atoms. The van der Waals surface area contributed by atoms with Gasteiger partial charge in [0, 0.05) is 42.2 Å². The highest BCUT2D eigenvalue weighted by atomic mass is 32.2. The number of carboxylic acids is 1. The van der Waals surface area contributed by atoms with Crippen molar-refractivity contribution in [2.75, 3.05) is 29.5 Å². The minimum absolute atomic E-state index is 0.0168. The molecule has 0 radical (unpaired) electrons. The van der Waals surface area contributed by atoms with Crippen molar-refractivity contribution < 1.29 is 19.0 Å². The molecule has 2 aromatic carbocycles. The van der Waals surface area contributed by atoms with Crippen LogP contribution in [0.1, 0.15) is 21.5 Å². The molecule has 0 saturated carbocycles. The summed E-state index contributed by atoms with van der Waals surface area (Å²) in [6.07, 6.45) is 2.57. The molecule has 2 aromatic heterocycles. The summed E-state index contributed by atoms with van der Waals surface area (Å²) >= 11 is 1.86. The maximum atomic E-state index is 15.2. The number of carbonyl (C=O) groups is 1. The van der Waals surface area contributed by atoms with Crippen LogP contribution >= 0.6 is 11.8 Å². The number of halogens is 1. The van der Waals surface area contributed by atoms with Crippen molar-refractivity contribution in [3.05, 3.63) is 65.2 Å². The van der Waals surface area contributed by atoms with E-state index in [1.165, 1.54) is 23.1 Å². The summed E-state index contributed by atoms with van der Waals surface area (Å²) in [4.78, 5) is 22.6. The zero-order valence-corrected chi connectivity index (χ0v) is 19.5. The second-order valence-corrected chi connectivity index (χ2v) is 9.27. The van der Waals surface area contributed by atoms with Gasteiger partial charge in [-0.1, -0.05) is 18.2 Å². The van der Waals surface area contributed by atoms with Gasteiger partial charge < -0.3 is 14.7 Å². The summed E-state index contributed by atoms with van der Waals surface area (Å²) in [5.41, 5.74) is 2.22. The summed E-state index contributed by atoms with van der Waals surface area (Å²) in [7, 11) is 0. The predicted molar refractivity (Wildman–Crippen MR) is 129 cm³/mol. The predicted octanol–water partition coefficient (Wildman–Crippen LogP) is 4.62. The molecule has 0 amide bonds. The average molecular weight is 480 g/mol. The number of fused-ring (bicyclic) bond motifs is 1. The Hall–Kier alpha value is -3.66. The molecule has 4 aromatic rings. The third-order valence-corrected chi connectivity index (χ3v) is 6.63. The number of benzene rings is 2. The molecule has 0 aliphatic carbocycles. The Bertz CT molecular complexity index is 1380. The number of anilines is 1. The first-order valence-corrected chi connectivity index (χ1v) is 11.9. The van der Waals surface area contributed by atoms with Crippen molar-refractivity contribution in [3.63, 3.8) is 0 Å². The summed E-state index contributed by atoms with van der Waals surface area (Å²) in [6, 6.07) is 8.74. The van der Waals surface area contributed by atoms with E-state index in [9.17, 15) is 9.90 Å². The third kappa shape index (κ3) is 4.16. The Balaban J connectivity index is 1.65. The third-order valence-electron chi connectivity index (χ3n) is 5.68. The maximum Gasteiger partial charge on any atom is 0.338 e. The number of aromatic nitrogens is 4. The smallest absolute Gasteiger partial charge is 0.338 e. The number of aryl methyl sites for hydroxylation is 2. The van der Waals surface area contributed by atoms with Gasteiger partial charge in [0.05, 0.1) is 17.3 Å². The zero-order valence-electron chi connectivity index (χ0n) is 18.7. The van der Waals surface area contributed by atoms with Crippen LogP contribution in [0.4, 0.5) is 10.2 Å². The molecule has 174 valence electrons. The molecule has 0 unspecified atom stereocenters. The molecule has 1 fully saturated rings. The number of hydrogen-bond donors (Lipinski definition) is 1. The molecule has 3 heterocycles. The first-order chi connectivity index (χ1) is 16.4. The molecule has 0 bridgehead atoms. The Morgan fingerprint density at radius 2 is 1.88 bits per heavy atom. The van der Waals surface area contributed by atoms with Crippen LogP contribution in [0.25, 0.3) is 16.9 Å². The number of nitrogens with zero attached hydrogens (tertiary/aromatic N) is 5. The number of aromatic carboxylic acids is 1. The zero-order chi connectivity index (χ0) is 23.8. The normalized spacial score (nSPS) is 13.9. The Kier molecular flexibility index (Phi) is 5.82. The number of hydrogen-bond acceptors (Lipinski definition) is 7. The van der Waals surface area contributed by atoms with Gasteiger partial charge in [0.2, 0.25) is 0 Å². The van der Waals surface area contributed by atoms with Crippen molar-refractivity contribution >= 4 is 34.5 Å². The monoisotopic (exact) mass is 479 g/mol. The Labute approximate surface area is 199 Å². The molecule has 1 saturated heterocycles. The Morgan fingerprint density at radius 3 is 2.56 bits per heavy atom. The maximum absolute atomic E-state index is 15.2. The molecule has 8 nitrogen and oxygen atoms in total. The van der Waals surface area contributed by atoms with Gasteiger partial charge in [-0.05, 0) is 31.0 Å². The van der Waals surface area contributed by atoms with Gasteiger partial charge in [-0.2, -0.15) is 21.8 Å². The molecule has 0 atom stereocenters. The lowest BCUT2D eigenvalue weighted by Crippen LogP contribution is -2.33. The van der Waals surface area contributed by atoms with E-state index >= 15 is 4.39 Å². The highest BCUT2D eigenvalue weighted by Crippen LogP contribution is 2.35. The van der Waals surface area contributed by atoms with Crippen LogP contribution in [0.5, 0.6) is 11.5 Å². The molecular weight excluding hydrogens is 457 g/mol. The van der Waals surface area contributed by atoms with Crippen LogP contribution < -0.4 is 9.64 Å². The minimum atomic E-state index is -1.10. The molecule has 1 N–H and O–H groups in total. The standard InChI is InChI=1S/C24H22FN5O3S/c1-14-4-3-5-15(2)21(14)33-20-10-17-19(11-18(20)25)27-24(30-13-16(12-26-30)23(31)32)28-22(17)29-6-8-34-9-7-29/h3-5,10-13H,6-9H2,1-2H3,(H,31,32). The van der Waals surface area contributed by atoms with Crippen LogP contribution in [-0.4, -0.2) is 55.4 Å². The number of ether oxygens (including phenoxy) is 1. The van der Waals surface area contributed by atoms with Crippen molar-refractivity contribution in [1.82, 2.24) is 19.7 Å². The van der Waals surface area contributed by atoms with E-state index in [1.807, 2.05) is 43.8 Å². The molecule has 0 spiro atoms. The van der Waals surface area contributed by atoms with Crippen molar-refractivity contribution in [2.45, 2.75) is 13.8 Å². The summed E-state index contributed by atoms with van der Waals surface area (Å²) in [6.45, 7) is 5.40. The fourth-order valence-electron chi connectivity index (χ4n) is 3.91. The average Bonchev–Trinajstić information content (AvgIpc) is 3.32. The first kappa shape index (κ1) is 22.1. The topological polar surface area (TPSA) is 93.4 Å². The van der Waals surface area contributed by atoms with Gasteiger partial charge >= 0.3 is 5.97 Å². The lowest BCUT2D eigenvalue weighted by molar-refractivity contribution is 0.0697. The molecular formula is C24H22FN5O3S. The van der Waals surface area contributed by atoms with E-state index in [-0.39, 0.29) is 17.3 Å². The van der Waals surface area contributed by atoms with Gasteiger partial charge in [0.25, 0.3) is 5.95 Å². The van der Waals surface area contributed by atoms with E-state index in [4.69, 9.17) is 9.72 Å². The second-order valence-electron chi connectivity index (χ2n) is 8.05. The van der Waals surface area contributed by atoms with E-state index in [1.54, 1.807) is 6.07 Å². The molecule has 1 aliphatic heterocycles. The molecule has 10 heteroatoms. The van der Waals surface area contributed by atoms with E-state index in [2.05, 4.69) is 15.0 Å². The SMILES string of the molecule is Cc1cccc(C)c1Oc1cc2c(N3CCSCC3)nc(-n3cc(C(=O)O)cn3)nc2cc1F. The molecule has 5 rings (SSSR count). The van der Waals surface area contributed by atoms with Gasteiger partial charge in [-0.15, -0.1) is 0 Å². The van der Waals surface area contributed by atoms with Crippen LogP contribution in [0.3, 0.4) is 0 Å². The van der Waals surface area contributed by atoms with Crippen LogP contribution in [-0.2, 0) is 0 Å². The highest BCUT2D eigenvalue weighted by Gasteiger charge is 2.21. The van der Waals surface area contributed by atoms with Gasteiger partial charge in [0.15, 0.2) is 11.6 Å². The number of thioether (sulfide) groups is 1. The van der Waals surface area contributed by atoms with E-state index in [0.717, 1.165) is 35.7 Å². The van der Waals surface area contributed by atoms with Gasteiger partial charge in [-0.25, -0.2) is 18.9 Å². The fraction of sp³-hybridized carbons (Fsp3) is 0.250. The summed E-state index contributed by atoms with van der Waals surface area (Å²) in [5, 5.41) is 14.0. The lowest BCUT2D eigenvalue weighted by Gasteiger charge is -2.28. The largest absolute Gasteiger partial charge is 0.478 e. The first-order valence-electron chi connectivity index (χ1n) is 10.8. The summed E-state index contributed by atoms with van der Waals surface area (Å²) < 4.78 is 22.5. The van der Waals surface area contributed by atoms with E-state index in [0.29, 0.717) is 22.5 Å². The lowest BCUT2D eigenvalue weighted by atomic mass is 10.1. The summed E-state index contributed by atoms with van der Waals surface area (Å²) in [5.74, 6) is 1.77. The van der Waals surface area contributed by atoms with Crippen molar-refractivity contribution in [3.8, 4) is 17.4 Å². The molecule has 1 aliphatic rings. The highest BCUT2D eigenvalue weighted by molar-refractivity contribution is 7.99. The van der Waals surface area contributed by atoms with Crippen molar-refractivity contribution in [2.24, 2.45) is 0 Å². The number of para-hydroxylation sites is 1. The van der Waals surface area contributed by atoms with Crippen LogP contribution in [0.2, 0.25) is 0 Å². The number of rotatable bonds is 5. The van der Waals surface area contributed by atoms with Crippen molar-refractivity contribution in [1.29, 1.82) is 0 Å². The minimum Gasteiger partial charge on any atom is -0.478 e. The van der Waals surface area contributed by atoms with Crippen LogP contribution in [0.15, 0.2) is 42.7 Å². The fourth-order valence-corrected chi connectivity index (χ4v) is 4.81. The second kappa shape index (κ2) is 8.94. The Morgan fingerprint density at radius 1 is 1.15 bits per heavy atom. The van der Waals surface area contributed by atoms with Gasteiger partial charge in [0.1, 0.15) is 11.6 Å². The number of carboxylic acid groups (broad SMARTS) is 1. The van der Waals surface area contributed by atoms with Gasteiger partial charge in [-0.3, -0.25) is 0 Å².